The van der Waals surface area contributed by atoms with E-state index in [4.69, 9.17) is 4.74 Å². The van der Waals surface area contributed by atoms with Crippen molar-refractivity contribution in [2.24, 2.45) is 0 Å². The summed E-state index contributed by atoms with van der Waals surface area (Å²) < 4.78 is 32.4. The van der Waals surface area contributed by atoms with Gasteiger partial charge in [-0.25, -0.2) is 13.2 Å². The Morgan fingerprint density at radius 1 is 1.14 bits per heavy atom. The number of aromatic amines is 2. The van der Waals surface area contributed by atoms with Gasteiger partial charge in [-0.2, -0.15) is 4.31 Å². The van der Waals surface area contributed by atoms with Crippen molar-refractivity contribution in [2.45, 2.75) is 31.0 Å². The van der Waals surface area contributed by atoms with Crippen LogP contribution in [-0.4, -0.2) is 48.0 Å². The number of benzene rings is 1. The maximum atomic E-state index is 12.7. The molecule has 0 radical (unpaired) electrons. The summed E-state index contributed by atoms with van der Waals surface area (Å²) >= 11 is 0. The van der Waals surface area contributed by atoms with E-state index in [-0.39, 0.29) is 22.8 Å². The molecule has 2 atom stereocenters. The highest BCUT2D eigenvalue weighted by molar-refractivity contribution is 7.89. The van der Waals surface area contributed by atoms with E-state index in [2.05, 4.69) is 9.97 Å². The van der Waals surface area contributed by atoms with Crippen LogP contribution in [0.25, 0.3) is 11.0 Å². The summed E-state index contributed by atoms with van der Waals surface area (Å²) in [6.45, 7) is 4.36. The Labute approximate surface area is 122 Å². The number of H-pyrrole nitrogens is 2. The first-order valence-corrected chi connectivity index (χ1v) is 8.18. The molecule has 0 spiro atoms. The third-order valence-electron chi connectivity index (χ3n) is 3.51. The molecule has 7 nitrogen and oxygen atoms in total. The van der Waals surface area contributed by atoms with E-state index in [1.54, 1.807) is 6.07 Å². The first kappa shape index (κ1) is 14.3. The number of nitrogens with zero attached hydrogens (tertiary/aromatic N) is 1. The average Bonchev–Trinajstić information content (AvgIpc) is 2.76. The van der Waals surface area contributed by atoms with Gasteiger partial charge in [-0.05, 0) is 32.0 Å². The van der Waals surface area contributed by atoms with Gasteiger partial charge in [0.2, 0.25) is 10.0 Å². The van der Waals surface area contributed by atoms with Crippen molar-refractivity contribution in [3.8, 4) is 0 Å². The van der Waals surface area contributed by atoms with Crippen molar-refractivity contribution >= 4 is 21.1 Å². The summed E-state index contributed by atoms with van der Waals surface area (Å²) in [4.78, 5) is 16.6. The smallest absolute Gasteiger partial charge is 0.323 e. The normalized spacial score (nSPS) is 24.5. The summed E-state index contributed by atoms with van der Waals surface area (Å²) in [6, 6.07) is 4.58. The number of morpholine rings is 1. The zero-order chi connectivity index (χ0) is 15.2. The molecule has 0 saturated carbocycles. The molecule has 3 rings (SSSR count). The summed E-state index contributed by atoms with van der Waals surface area (Å²) in [5, 5.41) is 0. The molecule has 0 amide bonds. The van der Waals surface area contributed by atoms with E-state index in [1.807, 2.05) is 13.8 Å². The van der Waals surface area contributed by atoms with Gasteiger partial charge in [-0.3, -0.25) is 0 Å². The Kier molecular flexibility index (Phi) is 3.39. The summed E-state index contributed by atoms with van der Waals surface area (Å²) in [5.41, 5.74) is 0.714. The number of aromatic nitrogens is 2. The molecule has 1 aromatic carbocycles. The number of hydrogen-bond donors (Lipinski definition) is 2. The topological polar surface area (TPSA) is 95.3 Å². The van der Waals surface area contributed by atoms with Crippen molar-refractivity contribution in [3.63, 3.8) is 0 Å². The Hall–Kier alpha value is -1.64. The predicted octanol–water partition coefficient (Wildman–Crippen LogP) is 0.654. The lowest BCUT2D eigenvalue weighted by Gasteiger charge is -2.34. The van der Waals surface area contributed by atoms with Crippen molar-refractivity contribution in [1.29, 1.82) is 0 Å². The minimum Gasteiger partial charge on any atom is -0.373 e. The van der Waals surface area contributed by atoms with Crippen LogP contribution in [0, 0.1) is 0 Å². The van der Waals surface area contributed by atoms with E-state index in [0.717, 1.165) is 0 Å². The molecule has 1 saturated heterocycles. The molecule has 21 heavy (non-hydrogen) atoms. The van der Waals surface area contributed by atoms with Gasteiger partial charge in [0, 0.05) is 13.1 Å². The van der Waals surface area contributed by atoms with E-state index < -0.39 is 10.0 Å². The Bertz CT molecular complexity index is 813. The number of imidazole rings is 1. The minimum absolute atomic E-state index is 0.140. The van der Waals surface area contributed by atoms with Gasteiger partial charge in [0.1, 0.15) is 0 Å². The number of rotatable bonds is 2. The van der Waals surface area contributed by atoms with Crippen LogP contribution in [0.1, 0.15) is 13.8 Å². The molecule has 2 N–H and O–H groups in total. The molecule has 1 aromatic heterocycles. The number of ether oxygens (including phenoxy) is 1. The molecule has 0 unspecified atom stereocenters. The lowest BCUT2D eigenvalue weighted by atomic mass is 10.3. The molecular weight excluding hydrogens is 294 g/mol. The zero-order valence-corrected chi connectivity index (χ0v) is 12.6. The standard InChI is InChI=1S/C13H17N3O4S/c1-8-6-16(7-9(2)20-8)21(18,19)10-3-4-11-12(5-10)15-13(17)14-11/h3-5,8-9H,6-7H2,1-2H3,(H2,14,15,17)/t8-,9+. The van der Waals surface area contributed by atoms with Crippen LogP contribution in [-0.2, 0) is 14.8 Å². The molecule has 0 bridgehead atoms. The lowest BCUT2D eigenvalue weighted by Crippen LogP contribution is -2.48. The average molecular weight is 311 g/mol. The van der Waals surface area contributed by atoms with Crippen LogP contribution < -0.4 is 5.69 Å². The van der Waals surface area contributed by atoms with Crippen molar-refractivity contribution < 1.29 is 13.2 Å². The third kappa shape index (κ3) is 2.61. The summed E-state index contributed by atoms with van der Waals surface area (Å²) in [7, 11) is -3.59. The molecule has 114 valence electrons. The fourth-order valence-electron chi connectivity index (χ4n) is 2.65. The molecule has 2 aromatic rings. The van der Waals surface area contributed by atoms with Crippen molar-refractivity contribution in [2.75, 3.05) is 13.1 Å². The second-order valence-electron chi connectivity index (χ2n) is 5.37. The van der Waals surface area contributed by atoms with Gasteiger partial charge in [0.25, 0.3) is 0 Å². The maximum absolute atomic E-state index is 12.7. The summed E-state index contributed by atoms with van der Waals surface area (Å²) in [6.07, 6.45) is -0.279. The fraction of sp³-hybridized carbons (Fsp3) is 0.462. The molecule has 8 heteroatoms. The fourth-order valence-corrected chi connectivity index (χ4v) is 4.27. The zero-order valence-electron chi connectivity index (χ0n) is 11.8. The van der Waals surface area contributed by atoms with Gasteiger partial charge in [-0.15, -0.1) is 0 Å². The lowest BCUT2D eigenvalue weighted by molar-refractivity contribution is -0.0440. The Morgan fingerprint density at radius 2 is 1.76 bits per heavy atom. The van der Waals surface area contributed by atoms with Gasteiger partial charge in [-0.1, -0.05) is 0 Å². The summed E-state index contributed by atoms with van der Waals surface area (Å²) in [5.74, 6) is 0. The first-order chi connectivity index (χ1) is 9.86. The van der Waals surface area contributed by atoms with Gasteiger partial charge in [0.05, 0.1) is 28.1 Å². The van der Waals surface area contributed by atoms with E-state index in [1.165, 1.54) is 16.4 Å². The van der Waals surface area contributed by atoms with Crippen LogP contribution in [0.5, 0.6) is 0 Å². The van der Waals surface area contributed by atoms with Crippen LogP contribution >= 0.6 is 0 Å². The van der Waals surface area contributed by atoms with Crippen LogP contribution in [0.3, 0.4) is 0 Å². The number of fused-ring (bicyclic) bond motifs is 1. The number of hydrogen-bond acceptors (Lipinski definition) is 4. The Morgan fingerprint density at radius 3 is 2.43 bits per heavy atom. The number of nitrogens with one attached hydrogen (secondary N) is 2. The van der Waals surface area contributed by atoms with Crippen molar-refractivity contribution in [3.05, 3.63) is 28.7 Å². The van der Waals surface area contributed by atoms with Gasteiger partial charge < -0.3 is 14.7 Å². The second-order valence-corrected chi connectivity index (χ2v) is 7.30. The first-order valence-electron chi connectivity index (χ1n) is 6.74. The molecule has 0 aliphatic carbocycles. The van der Waals surface area contributed by atoms with Gasteiger partial charge >= 0.3 is 5.69 Å². The van der Waals surface area contributed by atoms with Crippen LogP contribution in [0.4, 0.5) is 0 Å². The second kappa shape index (κ2) is 4.97. The maximum Gasteiger partial charge on any atom is 0.323 e. The SMILES string of the molecule is C[C@@H]1CN(S(=O)(=O)c2ccc3[nH]c(=O)[nH]c3c2)C[C@H](C)O1. The van der Waals surface area contributed by atoms with E-state index in [9.17, 15) is 13.2 Å². The Balaban J connectivity index is 2.01. The largest absolute Gasteiger partial charge is 0.373 e. The third-order valence-corrected chi connectivity index (χ3v) is 5.34. The van der Waals surface area contributed by atoms with Crippen LogP contribution in [0.2, 0.25) is 0 Å². The molecule has 1 fully saturated rings. The monoisotopic (exact) mass is 311 g/mol. The highest BCUT2D eigenvalue weighted by Crippen LogP contribution is 2.22. The van der Waals surface area contributed by atoms with E-state index in [0.29, 0.717) is 24.1 Å². The van der Waals surface area contributed by atoms with Crippen molar-refractivity contribution in [1.82, 2.24) is 14.3 Å². The highest BCUT2D eigenvalue weighted by atomic mass is 32.2. The predicted molar refractivity (Wildman–Crippen MR) is 77.7 cm³/mol. The molecule has 1 aliphatic heterocycles. The highest BCUT2D eigenvalue weighted by Gasteiger charge is 2.32. The minimum atomic E-state index is -3.59. The van der Waals surface area contributed by atoms with Crippen LogP contribution in [0.15, 0.2) is 27.9 Å². The van der Waals surface area contributed by atoms with E-state index >= 15 is 0 Å². The molecule has 2 heterocycles. The molecule has 1 aliphatic rings. The van der Waals surface area contributed by atoms with Gasteiger partial charge in [0.15, 0.2) is 0 Å². The molecular formula is C13H17N3O4S. The number of sulfonamides is 1. The quantitative estimate of drug-likeness (QED) is 0.851.